The number of aromatic nitrogens is 3. The molecule has 0 aromatic carbocycles. The highest BCUT2D eigenvalue weighted by atomic mass is 16.2. The predicted octanol–water partition coefficient (Wildman–Crippen LogP) is 1.37. The molecule has 0 atom stereocenters. The third-order valence-electron chi connectivity index (χ3n) is 3.16. The van der Waals surface area contributed by atoms with Crippen LogP contribution in [0.25, 0.3) is 0 Å². The molecule has 0 saturated carbocycles. The van der Waals surface area contributed by atoms with Gasteiger partial charge in [-0.2, -0.15) is 5.10 Å². The maximum Gasteiger partial charge on any atom is 0.272 e. The summed E-state index contributed by atoms with van der Waals surface area (Å²) >= 11 is 0. The molecule has 0 aliphatic heterocycles. The fourth-order valence-electron chi connectivity index (χ4n) is 2.09. The molecule has 2 aromatic rings. The van der Waals surface area contributed by atoms with Crippen LogP contribution < -0.4 is 11.1 Å². The highest BCUT2D eigenvalue weighted by molar-refractivity contribution is 5.97. The van der Waals surface area contributed by atoms with Gasteiger partial charge in [-0.1, -0.05) is 13.0 Å². The average Bonchev–Trinajstić information content (AvgIpc) is 2.86. The zero-order valence-corrected chi connectivity index (χ0v) is 11.8. The summed E-state index contributed by atoms with van der Waals surface area (Å²) in [6, 6.07) is 3.91. The molecule has 0 aliphatic rings. The third kappa shape index (κ3) is 2.79. The van der Waals surface area contributed by atoms with Crippen molar-refractivity contribution in [3.63, 3.8) is 0 Å². The number of nitrogens with zero attached hydrogens (tertiary/aromatic N) is 3. The van der Waals surface area contributed by atoms with E-state index in [0.717, 1.165) is 17.7 Å². The highest BCUT2D eigenvalue weighted by Gasteiger charge is 2.16. The fourth-order valence-corrected chi connectivity index (χ4v) is 2.09. The molecule has 2 aromatic heterocycles. The van der Waals surface area contributed by atoms with E-state index < -0.39 is 0 Å². The van der Waals surface area contributed by atoms with Crippen molar-refractivity contribution < 1.29 is 4.79 Å². The highest BCUT2D eigenvalue weighted by Crippen LogP contribution is 2.11. The Bertz CT molecular complexity index is 605. The van der Waals surface area contributed by atoms with Crippen LogP contribution in [-0.4, -0.2) is 20.7 Å². The number of nitrogens with one attached hydrogen (secondary N) is 1. The minimum Gasteiger partial charge on any atom is -0.396 e. The first-order chi connectivity index (χ1) is 9.67. The van der Waals surface area contributed by atoms with E-state index in [2.05, 4.69) is 22.3 Å². The van der Waals surface area contributed by atoms with Crippen molar-refractivity contribution in [2.45, 2.75) is 33.4 Å². The Morgan fingerprint density at radius 1 is 1.45 bits per heavy atom. The minimum atomic E-state index is -0.227. The maximum absolute atomic E-state index is 12.2. The second-order valence-corrected chi connectivity index (χ2v) is 4.41. The van der Waals surface area contributed by atoms with Crippen LogP contribution in [0.2, 0.25) is 0 Å². The molecule has 0 bridgehead atoms. The van der Waals surface area contributed by atoms with E-state index in [0.29, 0.717) is 24.5 Å². The third-order valence-corrected chi connectivity index (χ3v) is 3.16. The molecule has 0 spiro atoms. The molecule has 0 unspecified atom stereocenters. The summed E-state index contributed by atoms with van der Waals surface area (Å²) in [5.41, 5.74) is 8.59. The molecule has 0 saturated heterocycles. The first kappa shape index (κ1) is 14.0. The zero-order chi connectivity index (χ0) is 14.5. The van der Waals surface area contributed by atoms with Crippen LogP contribution in [0, 0.1) is 0 Å². The van der Waals surface area contributed by atoms with Crippen molar-refractivity contribution >= 4 is 11.6 Å². The quantitative estimate of drug-likeness (QED) is 0.861. The molecule has 0 fully saturated rings. The number of carbonyl (C=O) groups is 1. The number of pyridine rings is 1. The van der Waals surface area contributed by atoms with E-state index in [9.17, 15) is 4.79 Å². The minimum absolute atomic E-state index is 0.227. The fraction of sp³-hybridized carbons (Fsp3) is 0.357. The number of rotatable bonds is 5. The van der Waals surface area contributed by atoms with E-state index in [1.54, 1.807) is 10.9 Å². The first-order valence-electron chi connectivity index (χ1n) is 6.69. The van der Waals surface area contributed by atoms with Crippen LogP contribution in [0.5, 0.6) is 0 Å². The lowest BCUT2D eigenvalue weighted by Crippen LogP contribution is -2.27. The van der Waals surface area contributed by atoms with E-state index in [-0.39, 0.29) is 5.91 Å². The van der Waals surface area contributed by atoms with Gasteiger partial charge in [0.05, 0.1) is 24.1 Å². The SMILES string of the molecule is CCc1cccnc1CNC(=O)c1c(N)cnn1CC. The summed E-state index contributed by atoms with van der Waals surface area (Å²) < 4.78 is 1.59. The van der Waals surface area contributed by atoms with Gasteiger partial charge >= 0.3 is 0 Å². The maximum atomic E-state index is 12.2. The second kappa shape index (κ2) is 6.18. The number of amides is 1. The van der Waals surface area contributed by atoms with Crippen molar-refractivity contribution in [1.82, 2.24) is 20.1 Å². The Labute approximate surface area is 118 Å². The molecular formula is C14H19N5O. The van der Waals surface area contributed by atoms with Gasteiger partial charge in [0.2, 0.25) is 0 Å². The van der Waals surface area contributed by atoms with Crippen LogP contribution in [0.15, 0.2) is 24.5 Å². The summed E-state index contributed by atoms with van der Waals surface area (Å²) in [5, 5.41) is 6.91. The van der Waals surface area contributed by atoms with Crippen molar-refractivity contribution in [2.75, 3.05) is 5.73 Å². The van der Waals surface area contributed by atoms with Gasteiger partial charge in [0.25, 0.3) is 5.91 Å². The van der Waals surface area contributed by atoms with Gasteiger partial charge in [-0.15, -0.1) is 0 Å². The second-order valence-electron chi connectivity index (χ2n) is 4.41. The number of nitrogens with two attached hydrogens (primary N) is 1. The molecule has 3 N–H and O–H groups in total. The summed E-state index contributed by atoms with van der Waals surface area (Å²) in [7, 11) is 0. The molecule has 1 amide bonds. The summed E-state index contributed by atoms with van der Waals surface area (Å²) in [6.45, 7) is 4.96. The summed E-state index contributed by atoms with van der Waals surface area (Å²) in [5.74, 6) is -0.227. The van der Waals surface area contributed by atoms with Gasteiger partial charge in [-0.3, -0.25) is 14.5 Å². The number of hydrogen-bond acceptors (Lipinski definition) is 4. The number of anilines is 1. The van der Waals surface area contributed by atoms with Crippen LogP contribution in [0.4, 0.5) is 5.69 Å². The Morgan fingerprint density at radius 3 is 2.95 bits per heavy atom. The average molecular weight is 273 g/mol. The van der Waals surface area contributed by atoms with E-state index in [1.807, 2.05) is 19.1 Å². The lowest BCUT2D eigenvalue weighted by atomic mass is 10.1. The lowest BCUT2D eigenvalue weighted by Gasteiger charge is -2.09. The van der Waals surface area contributed by atoms with Crippen LogP contribution in [-0.2, 0) is 19.5 Å². The Kier molecular flexibility index (Phi) is 4.34. The molecule has 6 nitrogen and oxygen atoms in total. The van der Waals surface area contributed by atoms with Crippen molar-refractivity contribution in [3.05, 3.63) is 41.5 Å². The normalized spacial score (nSPS) is 10.5. The Morgan fingerprint density at radius 2 is 2.25 bits per heavy atom. The lowest BCUT2D eigenvalue weighted by molar-refractivity contribution is 0.0940. The Hall–Kier alpha value is -2.37. The van der Waals surface area contributed by atoms with Gasteiger partial charge in [-0.05, 0) is 25.0 Å². The number of aryl methyl sites for hydroxylation is 2. The molecule has 106 valence electrons. The van der Waals surface area contributed by atoms with Gasteiger partial charge in [0.1, 0.15) is 5.69 Å². The van der Waals surface area contributed by atoms with E-state index >= 15 is 0 Å². The van der Waals surface area contributed by atoms with Crippen LogP contribution in [0.3, 0.4) is 0 Å². The van der Waals surface area contributed by atoms with Gasteiger partial charge in [0.15, 0.2) is 0 Å². The van der Waals surface area contributed by atoms with Crippen molar-refractivity contribution in [2.24, 2.45) is 0 Å². The number of nitrogen functional groups attached to an aromatic ring is 1. The Balaban J connectivity index is 2.11. The summed E-state index contributed by atoms with van der Waals surface area (Å²) in [4.78, 5) is 16.5. The standard InChI is InChI=1S/C14H19N5O/c1-3-10-6-5-7-16-12(10)9-17-14(20)13-11(15)8-18-19(13)4-2/h5-8H,3-4,9,15H2,1-2H3,(H,17,20). The van der Waals surface area contributed by atoms with E-state index in [1.165, 1.54) is 6.20 Å². The van der Waals surface area contributed by atoms with Crippen LogP contribution >= 0.6 is 0 Å². The smallest absolute Gasteiger partial charge is 0.272 e. The number of carbonyl (C=O) groups excluding carboxylic acids is 1. The molecule has 2 rings (SSSR count). The molecule has 0 radical (unpaired) electrons. The topological polar surface area (TPSA) is 85.8 Å². The molecular weight excluding hydrogens is 254 g/mol. The predicted molar refractivity (Wildman–Crippen MR) is 77.1 cm³/mol. The molecule has 0 aliphatic carbocycles. The van der Waals surface area contributed by atoms with E-state index in [4.69, 9.17) is 5.73 Å². The zero-order valence-electron chi connectivity index (χ0n) is 11.8. The molecule has 6 heteroatoms. The molecule has 2 heterocycles. The van der Waals surface area contributed by atoms with Crippen molar-refractivity contribution in [3.8, 4) is 0 Å². The van der Waals surface area contributed by atoms with Crippen LogP contribution in [0.1, 0.15) is 35.6 Å². The van der Waals surface area contributed by atoms with Gasteiger partial charge < -0.3 is 11.1 Å². The molecule has 20 heavy (non-hydrogen) atoms. The first-order valence-corrected chi connectivity index (χ1v) is 6.69. The van der Waals surface area contributed by atoms with Crippen molar-refractivity contribution in [1.29, 1.82) is 0 Å². The van der Waals surface area contributed by atoms with Gasteiger partial charge in [0, 0.05) is 12.7 Å². The summed E-state index contributed by atoms with van der Waals surface area (Å²) in [6.07, 6.45) is 4.11. The number of hydrogen-bond donors (Lipinski definition) is 2. The monoisotopic (exact) mass is 273 g/mol. The largest absolute Gasteiger partial charge is 0.396 e. The van der Waals surface area contributed by atoms with Gasteiger partial charge in [-0.25, -0.2) is 0 Å².